The number of benzene rings is 2. The number of allylic oxidation sites excluding steroid dienone is 1. The number of ketones is 1. The SMILES string of the molecule is Cc1cc2c(cc1C)C(=O)/C(=C/c1ccc(C(C)C)cc1)O2. The molecule has 0 spiro atoms. The molecule has 2 heteroatoms. The highest BCUT2D eigenvalue weighted by atomic mass is 16.5. The fourth-order valence-corrected chi connectivity index (χ4v) is 2.57. The van der Waals surface area contributed by atoms with Crippen LogP contribution in [0, 0.1) is 13.8 Å². The topological polar surface area (TPSA) is 26.3 Å². The molecule has 0 aliphatic carbocycles. The fraction of sp³-hybridized carbons (Fsp3) is 0.250. The Balaban J connectivity index is 1.92. The molecule has 0 bridgehead atoms. The van der Waals surface area contributed by atoms with Gasteiger partial charge in [-0.25, -0.2) is 0 Å². The Labute approximate surface area is 131 Å². The Kier molecular flexibility index (Phi) is 3.61. The minimum atomic E-state index is -0.0361. The molecule has 0 saturated carbocycles. The Morgan fingerprint density at radius 1 is 1.00 bits per heavy atom. The summed E-state index contributed by atoms with van der Waals surface area (Å²) in [4.78, 5) is 12.4. The summed E-state index contributed by atoms with van der Waals surface area (Å²) < 4.78 is 5.75. The van der Waals surface area contributed by atoms with Gasteiger partial charge in [0, 0.05) is 0 Å². The number of fused-ring (bicyclic) bond motifs is 1. The molecule has 0 amide bonds. The van der Waals surface area contributed by atoms with Gasteiger partial charge in [0.2, 0.25) is 5.78 Å². The highest BCUT2D eigenvalue weighted by Gasteiger charge is 2.27. The summed E-state index contributed by atoms with van der Waals surface area (Å²) in [5, 5.41) is 0. The predicted molar refractivity (Wildman–Crippen MR) is 89.4 cm³/mol. The van der Waals surface area contributed by atoms with Crippen LogP contribution in [-0.4, -0.2) is 5.78 Å². The van der Waals surface area contributed by atoms with Gasteiger partial charge in [-0.3, -0.25) is 4.79 Å². The zero-order valence-electron chi connectivity index (χ0n) is 13.4. The molecular weight excluding hydrogens is 272 g/mol. The van der Waals surface area contributed by atoms with Crippen LogP contribution in [0.5, 0.6) is 5.75 Å². The van der Waals surface area contributed by atoms with E-state index in [9.17, 15) is 4.79 Å². The molecule has 0 radical (unpaired) electrons. The Bertz CT molecular complexity index is 765. The second-order valence-corrected chi connectivity index (χ2v) is 6.19. The summed E-state index contributed by atoms with van der Waals surface area (Å²) in [5.74, 6) is 1.53. The standard InChI is InChI=1S/C20H20O2/c1-12(2)16-7-5-15(6-8-16)11-19-20(21)17-9-13(3)14(4)10-18(17)22-19/h5-12H,1-4H3/b19-11-. The van der Waals surface area contributed by atoms with Gasteiger partial charge in [-0.1, -0.05) is 38.1 Å². The van der Waals surface area contributed by atoms with Crippen molar-refractivity contribution < 1.29 is 9.53 Å². The van der Waals surface area contributed by atoms with Crippen molar-refractivity contribution in [1.82, 2.24) is 0 Å². The summed E-state index contributed by atoms with van der Waals surface area (Å²) in [6.45, 7) is 8.36. The first kappa shape index (κ1) is 14.6. The number of hydrogen-bond acceptors (Lipinski definition) is 2. The first-order valence-electron chi connectivity index (χ1n) is 7.61. The smallest absolute Gasteiger partial charge is 0.231 e. The van der Waals surface area contributed by atoms with E-state index in [1.54, 1.807) is 0 Å². The van der Waals surface area contributed by atoms with Crippen LogP contribution in [0.25, 0.3) is 6.08 Å². The van der Waals surface area contributed by atoms with E-state index in [2.05, 4.69) is 26.0 Å². The van der Waals surface area contributed by atoms with E-state index < -0.39 is 0 Å². The minimum absolute atomic E-state index is 0.0361. The Hall–Kier alpha value is -2.35. The molecule has 22 heavy (non-hydrogen) atoms. The van der Waals surface area contributed by atoms with E-state index >= 15 is 0 Å². The maximum Gasteiger partial charge on any atom is 0.231 e. The maximum atomic E-state index is 12.4. The molecule has 0 N–H and O–H groups in total. The molecule has 0 saturated heterocycles. The summed E-state index contributed by atoms with van der Waals surface area (Å²) >= 11 is 0. The largest absolute Gasteiger partial charge is 0.452 e. The summed E-state index contributed by atoms with van der Waals surface area (Å²) in [6, 6.07) is 12.1. The van der Waals surface area contributed by atoms with Crippen LogP contribution in [0.3, 0.4) is 0 Å². The Morgan fingerprint density at radius 3 is 2.27 bits per heavy atom. The molecular formula is C20H20O2. The molecule has 2 aromatic carbocycles. The van der Waals surface area contributed by atoms with Gasteiger partial charge in [0.15, 0.2) is 5.76 Å². The van der Waals surface area contributed by atoms with Crippen LogP contribution in [-0.2, 0) is 0 Å². The molecule has 1 aliphatic rings. The van der Waals surface area contributed by atoms with Crippen molar-refractivity contribution in [2.75, 3.05) is 0 Å². The van der Waals surface area contributed by atoms with Crippen molar-refractivity contribution in [2.45, 2.75) is 33.6 Å². The number of rotatable bonds is 2. The number of carbonyl (C=O) groups is 1. The number of aryl methyl sites for hydroxylation is 2. The average Bonchev–Trinajstić information content (AvgIpc) is 2.77. The molecule has 3 rings (SSSR count). The first-order valence-corrected chi connectivity index (χ1v) is 7.61. The van der Waals surface area contributed by atoms with Crippen LogP contribution in [0.15, 0.2) is 42.2 Å². The molecule has 0 unspecified atom stereocenters. The van der Waals surface area contributed by atoms with E-state index in [1.807, 2.05) is 44.2 Å². The Morgan fingerprint density at radius 2 is 1.64 bits per heavy atom. The van der Waals surface area contributed by atoms with Crippen molar-refractivity contribution in [2.24, 2.45) is 0 Å². The van der Waals surface area contributed by atoms with Gasteiger partial charge in [0.25, 0.3) is 0 Å². The summed E-state index contributed by atoms with van der Waals surface area (Å²) in [5.41, 5.74) is 5.17. The van der Waals surface area contributed by atoms with Crippen molar-refractivity contribution >= 4 is 11.9 Å². The number of ether oxygens (including phenoxy) is 1. The monoisotopic (exact) mass is 292 g/mol. The highest BCUT2D eigenvalue weighted by molar-refractivity contribution is 6.14. The number of Topliss-reactive ketones (excluding diaryl/α,β-unsaturated/α-hetero) is 1. The lowest BCUT2D eigenvalue weighted by Crippen LogP contribution is -1.98. The van der Waals surface area contributed by atoms with Gasteiger partial charge in [-0.15, -0.1) is 0 Å². The molecule has 0 aromatic heterocycles. The van der Waals surface area contributed by atoms with Gasteiger partial charge in [-0.05, 0) is 60.2 Å². The van der Waals surface area contributed by atoms with Crippen LogP contribution < -0.4 is 4.74 Å². The van der Waals surface area contributed by atoms with Gasteiger partial charge >= 0.3 is 0 Å². The second kappa shape index (κ2) is 5.45. The maximum absolute atomic E-state index is 12.4. The molecule has 0 fully saturated rings. The molecule has 1 aliphatic heterocycles. The van der Waals surface area contributed by atoms with E-state index in [0.29, 0.717) is 23.0 Å². The van der Waals surface area contributed by atoms with Gasteiger partial charge in [0.1, 0.15) is 5.75 Å². The third kappa shape index (κ3) is 2.57. The zero-order chi connectivity index (χ0) is 15.9. The minimum Gasteiger partial charge on any atom is -0.452 e. The molecule has 112 valence electrons. The zero-order valence-corrected chi connectivity index (χ0v) is 13.4. The lowest BCUT2D eigenvalue weighted by atomic mass is 10.0. The van der Waals surface area contributed by atoms with E-state index in [1.165, 1.54) is 5.56 Å². The predicted octanol–water partition coefficient (Wildman–Crippen LogP) is 5.04. The van der Waals surface area contributed by atoms with Crippen LogP contribution in [0.1, 0.15) is 52.4 Å². The van der Waals surface area contributed by atoms with Crippen LogP contribution in [0.4, 0.5) is 0 Å². The van der Waals surface area contributed by atoms with Gasteiger partial charge in [0.05, 0.1) is 5.56 Å². The third-order valence-electron chi connectivity index (χ3n) is 4.19. The average molecular weight is 292 g/mol. The lowest BCUT2D eigenvalue weighted by molar-refractivity contribution is 0.101. The summed E-state index contributed by atoms with van der Waals surface area (Å²) in [6.07, 6.45) is 1.82. The van der Waals surface area contributed by atoms with Gasteiger partial charge < -0.3 is 4.74 Å². The van der Waals surface area contributed by atoms with E-state index in [0.717, 1.165) is 16.7 Å². The molecule has 0 atom stereocenters. The number of hydrogen-bond donors (Lipinski definition) is 0. The number of carbonyl (C=O) groups excluding carboxylic acids is 1. The lowest BCUT2D eigenvalue weighted by Gasteiger charge is -2.05. The van der Waals surface area contributed by atoms with Crippen molar-refractivity contribution in [1.29, 1.82) is 0 Å². The molecule has 2 nitrogen and oxygen atoms in total. The van der Waals surface area contributed by atoms with Crippen LogP contribution >= 0.6 is 0 Å². The van der Waals surface area contributed by atoms with Crippen molar-refractivity contribution in [3.8, 4) is 5.75 Å². The molecule has 2 aromatic rings. The third-order valence-corrected chi connectivity index (χ3v) is 4.19. The quantitative estimate of drug-likeness (QED) is 0.725. The second-order valence-electron chi connectivity index (χ2n) is 6.19. The molecule has 1 heterocycles. The van der Waals surface area contributed by atoms with Crippen molar-refractivity contribution in [3.05, 3.63) is 70.0 Å². The van der Waals surface area contributed by atoms with E-state index in [4.69, 9.17) is 4.74 Å². The van der Waals surface area contributed by atoms with E-state index in [-0.39, 0.29) is 5.78 Å². The van der Waals surface area contributed by atoms with Gasteiger partial charge in [-0.2, -0.15) is 0 Å². The first-order chi connectivity index (χ1) is 10.5. The van der Waals surface area contributed by atoms with Crippen LogP contribution in [0.2, 0.25) is 0 Å². The van der Waals surface area contributed by atoms with Crippen molar-refractivity contribution in [3.63, 3.8) is 0 Å². The highest BCUT2D eigenvalue weighted by Crippen LogP contribution is 2.34. The summed E-state index contributed by atoms with van der Waals surface area (Å²) in [7, 11) is 0. The fourth-order valence-electron chi connectivity index (χ4n) is 2.57. The normalized spacial score (nSPS) is 15.3.